The standard InChI is InChI=1S/C55H70ClN5O7S/c1-34(2)46-47(69-33-58-46)37-20-15-36(16-21-37)19-26-44(63)43-28-40(62)31-61(43)50(66)48(53(3,4)5)59-45(64)32-67-27-13-11-10-12-14-35-17-22-38(23-18-35)49(65)60-51-54(6,7)52(55(51,8)9)68-41-25-24-39(30-57)42(56)29-41/h15-18,20-25,29,33-34,40,43,48,51-52,62H,10-14,19,26-28,31-32H2,1-9H3,(H,59,64)(H,60,65)/t40-,43+,48-,51?,52?/m1/s1. The third-order valence-corrected chi connectivity index (χ3v) is 15.0. The highest BCUT2D eigenvalue weighted by Gasteiger charge is 2.64. The van der Waals surface area contributed by atoms with E-state index in [0.29, 0.717) is 40.8 Å². The normalized spacial score (nSPS) is 19.9. The fourth-order valence-corrected chi connectivity index (χ4v) is 11.4. The number of amides is 3. The minimum atomic E-state index is -0.912. The molecule has 2 heterocycles. The van der Waals surface area contributed by atoms with Crippen LogP contribution in [0, 0.1) is 27.6 Å². The molecule has 4 aromatic rings. The zero-order chi connectivity index (χ0) is 50.3. The van der Waals surface area contributed by atoms with Gasteiger partial charge < -0.3 is 30.1 Å². The molecular formula is C55H70ClN5O7S. The number of likely N-dealkylation sites (tertiary alicyclic amines) is 1. The lowest BCUT2D eigenvalue weighted by molar-refractivity contribution is -0.164. The van der Waals surface area contributed by atoms with Crippen LogP contribution in [0.1, 0.15) is 139 Å². The number of nitriles is 1. The maximum atomic E-state index is 14.1. The molecule has 0 spiro atoms. The first-order valence-corrected chi connectivity index (χ1v) is 25.5. The maximum absolute atomic E-state index is 14.1. The van der Waals surface area contributed by atoms with Gasteiger partial charge in [0.1, 0.15) is 30.6 Å². The number of thiazole rings is 1. The number of unbranched alkanes of at least 4 members (excludes halogenated alkanes) is 3. The Kier molecular flexibility index (Phi) is 17.5. The van der Waals surface area contributed by atoms with Crippen LogP contribution >= 0.6 is 22.9 Å². The second kappa shape index (κ2) is 22.7. The van der Waals surface area contributed by atoms with Crippen molar-refractivity contribution in [1.29, 1.82) is 5.26 Å². The highest BCUT2D eigenvalue weighted by atomic mass is 35.5. The Bertz CT molecular complexity index is 2460. The molecule has 2 aliphatic rings. The molecule has 2 fully saturated rings. The van der Waals surface area contributed by atoms with Crippen LogP contribution in [0.4, 0.5) is 0 Å². The van der Waals surface area contributed by atoms with Crippen molar-refractivity contribution in [2.45, 2.75) is 150 Å². The SMILES string of the molecule is CC(C)c1ncsc1-c1ccc(CCC(=O)[C@@H]2C[C@@H](O)CN2C(=O)[C@@H](NC(=O)COCCCCCCc2ccc(C(=O)NC3C(C)(C)C(Oc4ccc(C#N)c(Cl)c4)C3(C)C)cc2)C(C)(C)C)cc1. The lowest BCUT2D eigenvalue weighted by atomic mass is 9.49. The number of Topliss-reactive ketones (excluding diaryl/α,β-unsaturated/α-hetero) is 1. The van der Waals surface area contributed by atoms with Crippen molar-refractivity contribution in [2.24, 2.45) is 16.2 Å². The molecule has 1 saturated heterocycles. The number of hydrogen-bond acceptors (Lipinski definition) is 10. The summed E-state index contributed by atoms with van der Waals surface area (Å²) in [7, 11) is 0. The molecule has 12 nitrogen and oxygen atoms in total. The molecular weight excluding hydrogens is 910 g/mol. The van der Waals surface area contributed by atoms with Gasteiger partial charge in [0.25, 0.3) is 5.91 Å². The molecule has 0 unspecified atom stereocenters. The van der Waals surface area contributed by atoms with E-state index in [0.717, 1.165) is 59.4 Å². The first kappa shape index (κ1) is 53.2. The van der Waals surface area contributed by atoms with Gasteiger partial charge in [0, 0.05) is 54.5 Å². The Balaban J connectivity index is 0.882. The predicted octanol–water partition coefficient (Wildman–Crippen LogP) is 9.88. The quantitative estimate of drug-likeness (QED) is 0.0688. The molecule has 6 rings (SSSR count). The van der Waals surface area contributed by atoms with Crippen LogP contribution in [0.5, 0.6) is 5.75 Å². The number of ether oxygens (including phenoxy) is 2. The summed E-state index contributed by atoms with van der Waals surface area (Å²) in [5, 5.41) is 26.3. The van der Waals surface area contributed by atoms with Gasteiger partial charge in [-0.1, -0.05) is 123 Å². The summed E-state index contributed by atoms with van der Waals surface area (Å²) >= 11 is 7.87. The van der Waals surface area contributed by atoms with Gasteiger partial charge in [-0.05, 0) is 78.0 Å². The number of ketones is 1. The van der Waals surface area contributed by atoms with E-state index in [4.69, 9.17) is 21.1 Å². The molecule has 3 amide bonds. The average molecular weight is 981 g/mol. The van der Waals surface area contributed by atoms with Crippen molar-refractivity contribution < 1.29 is 33.8 Å². The molecule has 3 N–H and O–H groups in total. The topological polar surface area (TPSA) is 171 Å². The number of aliphatic hydroxyl groups is 1. The minimum absolute atomic E-state index is 0.0360. The van der Waals surface area contributed by atoms with Gasteiger partial charge in [0.2, 0.25) is 11.8 Å². The summed E-state index contributed by atoms with van der Waals surface area (Å²) in [5.74, 6) is -0.124. The van der Waals surface area contributed by atoms with Crippen molar-refractivity contribution in [3.63, 3.8) is 0 Å². The van der Waals surface area contributed by atoms with Crippen molar-refractivity contribution in [1.82, 2.24) is 20.5 Å². The molecule has 69 heavy (non-hydrogen) atoms. The Hall–Kier alpha value is -5.13. The lowest BCUT2D eigenvalue weighted by Gasteiger charge is -2.63. The summed E-state index contributed by atoms with van der Waals surface area (Å²) in [5.41, 5.74) is 5.80. The van der Waals surface area contributed by atoms with Gasteiger partial charge >= 0.3 is 0 Å². The Morgan fingerprint density at radius 3 is 2.23 bits per heavy atom. The van der Waals surface area contributed by atoms with Crippen LogP contribution in [-0.2, 0) is 32.0 Å². The summed E-state index contributed by atoms with van der Waals surface area (Å²) in [6.07, 6.45) is 4.40. The number of nitrogens with one attached hydrogen (secondary N) is 2. The lowest BCUT2D eigenvalue weighted by Crippen LogP contribution is -2.74. The van der Waals surface area contributed by atoms with Crippen LogP contribution in [0.2, 0.25) is 5.02 Å². The number of halogens is 1. The third-order valence-electron chi connectivity index (χ3n) is 13.8. The van der Waals surface area contributed by atoms with E-state index in [2.05, 4.69) is 75.4 Å². The van der Waals surface area contributed by atoms with Gasteiger partial charge in [-0.3, -0.25) is 19.2 Å². The van der Waals surface area contributed by atoms with Crippen LogP contribution in [0.15, 0.2) is 72.2 Å². The molecule has 0 bridgehead atoms. The molecule has 1 aliphatic heterocycles. The van der Waals surface area contributed by atoms with Crippen LogP contribution in [0.3, 0.4) is 0 Å². The molecule has 370 valence electrons. The number of β-amino-alcohol motifs (C(OH)–C–C–N with tert-alkyl or cyclic N) is 1. The summed E-state index contributed by atoms with van der Waals surface area (Å²) < 4.78 is 12.1. The van der Waals surface area contributed by atoms with Gasteiger partial charge in [0.15, 0.2) is 5.78 Å². The summed E-state index contributed by atoms with van der Waals surface area (Å²) in [4.78, 5) is 61.3. The zero-order valence-corrected chi connectivity index (χ0v) is 43.3. The van der Waals surface area contributed by atoms with Gasteiger partial charge in [-0.25, -0.2) is 4.98 Å². The minimum Gasteiger partial charge on any atom is -0.489 e. The number of carbonyl (C=O) groups excluding carboxylic acids is 4. The summed E-state index contributed by atoms with van der Waals surface area (Å²) in [6, 6.07) is 21.2. The number of aromatic nitrogens is 1. The fraction of sp³-hybridized carbons (Fsp3) is 0.527. The van der Waals surface area contributed by atoms with Crippen LogP contribution in [-0.4, -0.2) is 88.6 Å². The molecule has 1 saturated carbocycles. The van der Waals surface area contributed by atoms with E-state index in [9.17, 15) is 29.5 Å². The largest absolute Gasteiger partial charge is 0.489 e. The van der Waals surface area contributed by atoms with Gasteiger partial charge in [-0.15, -0.1) is 11.3 Å². The second-order valence-corrected chi connectivity index (χ2v) is 22.6. The van der Waals surface area contributed by atoms with E-state index in [1.54, 1.807) is 29.5 Å². The fourth-order valence-electron chi connectivity index (χ4n) is 10.2. The maximum Gasteiger partial charge on any atom is 0.251 e. The molecule has 3 atom stereocenters. The smallest absolute Gasteiger partial charge is 0.251 e. The number of aliphatic hydroxyl groups excluding tert-OH is 1. The monoisotopic (exact) mass is 979 g/mol. The highest BCUT2D eigenvalue weighted by Crippen LogP contribution is 2.55. The highest BCUT2D eigenvalue weighted by molar-refractivity contribution is 7.13. The first-order chi connectivity index (χ1) is 32.6. The number of rotatable bonds is 21. The average Bonchev–Trinajstić information content (AvgIpc) is 3.96. The number of carbonyl (C=O) groups is 4. The van der Waals surface area contributed by atoms with Crippen molar-refractivity contribution in [3.05, 3.63) is 105 Å². The molecule has 14 heteroatoms. The first-order valence-electron chi connectivity index (χ1n) is 24.3. The number of hydrogen-bond donors (Lipinski definition) is 3. The van der Waals surface area contributed by atoms with E-state index < -0.39 is 29.5 Å². The Morgan fingerprint density at radius 2 is 1.59 bits per heavy atom. The zero-order valence-electron chi connectivity index (χ0n) is 41.7. The molecule has 1 aliphatic carbocycles. The van der Waals surface area contributed by atoms with Crippen LogP contribution in [0.25, 0.3) is 10.4 Å². The number of benzene rings is 3. The molecule has 0 radical (unpaired) electrons. The van der Waals surface area contributed by atoms with Crippen molar-refractivity contribution >= 4 is 46.4 Å². The molecule has 1 aromatic heterocycles. The van der Waals surface area contributed by atoms with E-state index in [1.807, 2.05) is 62.7 Å². The van der Waals surface area contributed by atoms with Crippen LogP contribution < -0.4 is 15.4 Å². The number of aryl methyl sites for hydroxylation is 2. The van der Waals surface area contributed by atoms with Crippen molar-refractivity contribution in [2.75, 3.05) is 19.8 Å². The predicted molar refractivity (Wildman–Crippen MR) is 271 cm³/mol. The third kappa shape index (κ3) is 13.0. The van der Waals surface area contributed by atoms with E-state index >= 15 is 0 Å². The van der Waals surface area contributed by atoms with E-state index in [1.165, 1.54) is 4.90 Å². The second-order valence-electron chi connectivity index (χ2n) is 21.4. The van der Waals surface area contributed by atoms with Gasteiger partial charge in [-0.2, -0.15) is 5.26 Å². The van der Waals surface area contributed by atoms with Crippen molar-refractivity contribution in [3.8, 4) is 22.3 Å². The summed E-state index contributed by atoms with van der Waals surface area (Å²) in [6.45, 7) is 18.4. The Labute approximate surface area is 417 Å². The van der Waals surface area contributed by atoms with Gasteiger partial charge in [0.05, 0.1) is 38.8 Å². The Morgan fingerprint density at radius 1 is 0.942 bits per heavy atom. The molecule has 3 aromatic carbocycles. The number of nitrogens with zero attached hydrogens (tertiary/aromatic N) is 3. The van der Waals surface area contributed by atoms with E-state index in [-0.39, 0.29) is 66.6 Å².